The van der Waals surface area contributed by atoms with Crippen LogP contribution >= 0.6 is 0 Å². The average Bonchev–Trinajstić information content (AvgIpc) is 2.01. The monoisotopic (exact) mass is 172 g/mol. The number of ether oxygens (including phenoxy) is 1. The Kier molecular flexibility index (Phi) is 2.63. The van der Waals surface area contributed by atoms with Gasteiger partial charge in [0, 0.05) is 6.07 Å². The first-order chi connectivity index (χ1) is 5.65. The molecule has 1 aromatic rings. The molecule has 0 fully saturated rings. The Labute approximate surface area is 70.0 Å². The van der Waals surface area contributed by atoms with Gasteiger partial charge in [0.15, 0.2) is 11.6 Å². The second-order valence-corrected chi connectivity index (χ2v) is 2.46. The van der Waals surface area contributed by atoms with Gasteiger partial charge in [-0.05, 0) is 25.5 Å². The van der Waals surface area contributed by atoms with E-state index in [1.54, 1.807) is 13.8 Å². The molecule has 0 unspecified atom stereocenters. The smallest absolute Gasteiger partial charge is 0.167 e. The van der Waals surface area contributed by atoms with Crippen LogP contribution in [0.4, 0.5) is 8.78 Å². The van der Waals surface area contributed by atoms with Gasteiger partial charge in [-0.3, -0.25) is 0 Å². The third kappa shape index (κ3) is 1.72. The summed E-state index contributed by atoms with van der Waals surface area (Å²) in [4.78, 5) is 0. The molecule has 0 aromatic heterocycles. The largest absolute Gasteiger partial charge is 0.491 e. The molecule has 0 heterocycles. The van der Waals surface area contributed by atoms with Crippen molar-refractivity contribution in [2.45, 2.75) is 13.8 Å². The molecule has 3 heteroatoms. The number of aryl methyl sites for hydroxylation is 1. The number of benzene rings is 1. The molecule has 0 aliphatic rings. The van der Waals surface area contributed by atoms with Crippen molar-refractivity contribution in [1.29, 1.82) is 0 Å². The minimum atomic E-state index is -0.653. The average molecular weight is 172 g/mol. The molecule has 0 saturated carbocycles. The van der Waals surface area contributed by atoms with Crippen molar-refractivity contribution in [3.63, 3.8) is 0 Å². The van der Waals surface area contributed by atoms with Crippen molar-refractivity contribution in [2.75, 3.05) is 6.61 Å². The molecule has 0 spiro atoms. The lowest BCUT2D eigenvalue weighted by Gasteiger charge is -2.05. The van der Waals surface area contributed by atoms with E-state index >= 15 is 0 Å². The predicted molar refractivity (Wildman–Crippen MR) is 42.3 cm³/mol. The first-order valence-corrected chi connectivity index (χ1v) is 3.73. The molecule has 0 radical (unpaired) electrons. The van der Waals surface area contributed by atoms with Crippen LogP contribution in [0.3, 0.4) is 0 Å². The number of rotatable bonds is 2. The van der Waals surface area contributed by atoms with Gasteiger partial charge in [0.05, 0.1) is 6.61 Å². The van der Waals surface area contributed by atoms with Crippen molar-refractivity contribution in [3.8, 4) is 5.75 Å². The summed E-state index contributed by atoms with van der Waals surface area (Å²) in [6, 6.07) is 2.19. The standard InChI is InChI=1S/C9H10F2O/c1-3-12-9-4-6(2)7(10)5-8(9)11/h4-5H,3H2,1-2H3. The van der Waals surface area contributed by atoms with Gasteiger partial charge in [-0.1, -0.05) is 0 Å². The minimum absolute atomic E-state index is 0.108. The zero-order valence-corrected chi connectivity index (χ0v) is 7.03. The van der Waals surface area contributed by atoms with Crippen molar-refractivity contribution in [3.05, 3.63) is 29.3 Å². The van der Waals surface area contributed by atoms with Crippen LogP contribution in [0.1, 0.15) is 12.5 Å². The summed E-state index contributed by atoms with van der Waals surface area (Å²) >= 11 is 0. The lowest BCUT2D eigenvalue weighted by atomic mass is 10.2. The Bertz CT molecular complexity index is 284. The van der Waals surface area contributed by atoms with Crippen LogP contribution in [0.2, 0.25) is 0 Å². The summed E-state index contributed by atoms with van der Waals surface area (Å²) in [5.74, 6) is -1.09. The number of halogens is 2. The van der Waals surface area contributed by atoms with E-state index in [2.05, 4.69) is 0 Å². The first kappa shape index (κ1) is 8.97. The van der Waals surface area contributed by atoms with E-state index in [1.165, 1.54) is 6.07 Å². The van der Waals surface area contributed by atoms with Crippen LogP contribution in [-0.4, -0.2) is 6.61 Å². The first-order valence-electron chi connectivity index (χ1n) is 3.73. The SMILES string of the molecule is CCOc1cc(C)c(F)cc1F. The van der Waals surface area contributed by atoms with E-state index in [4.69, 9.17) is 4.74 Å². The van der Waals surface area contributed by atoms with Gasteiger partial charge in [0.2, 0.25) is 0 Å². The third-order valence-corrected chi connectivity index (χ3v) is 1.51. The van der Waals surface area contributed by atoms with E-state index in [0.717, 1.165) is 6.07 Å². The maximum Gasteiger partial charge on any atom is 0.167 e. The zero-order chi connectivity index (χ0) is 9.14. The fraction of sp³-hybridized carbons (Fsp3) is 0.333. The molecule has 0 saturated heterocycles. The van der Waals surface area contributed by atoms with E-state index < -0.39 is 11.6 Å². The summed E-state index contributed by atoms with van der Waals surface area (Å²) in [5.41, 5.74) is 0.389. The second kappa shape index (κ2) is 3.52. The highest BCUT2D eigenvalue weighted by atomic mass is 19.1. The van der Waals surface area contributed by atoms with Gasteiger partial charge in [-0.25, -0.2) is 8.78 Å². The summed E-state index contributed by atoms with van der Waals surface area (Å²) < 4.78 is 30.5. The second-order valence-electron chi connectivity index (χ2n) is 2.46. The normalized spacial score (nSPS) is 10.0. The summed E-state index contributed by atoms with van der Waals surface area (Å²) in [6.07, 6.45) is 0. The van der Waals surface area contributed by atoms with Gasteiger partial charge in [0.1, 0.15) is 5.82 Å². The Hall–Kier alpha value is -1.12. The van der Waals surface area contributed by atoms with Gasteiger partial charge < -0.3 is 4.74 Å². The van der Waals surface area contributed by atoms with Crippen LogP contribution in [0.15, 0.2) is 12.1 Å². The van der Waals surface area contributed by atoms with Gasteiger partial charge in [-0.2, -0.15) is 0 Å². The molecular formula is C9H10F2O. The number of hydrogen-bond acceptors (Lipinski definition) is 1. The Morgan fingerprint density at radius 1 is 1.25 bits per heavy atom. The highest BCUT2D eigenvalue weighted by Crippen LogP contribution is 2.20. The molecule has 66 valence electrons. The molecule has 0 amide bonds. The lowest BCUT2D eigenvalue weighted by molar-refractivity contribution is 0.320. The van der Waals surface area contributed by atoms with E-state index in [9.17, 15) is 8.78 Å². The van der Waals surface area contributed by atoms with E-state index in [0.29, 0.717) is 12.2 Å². The topological polar surface area (TPSA) is 9.23 Å². The molecular weight excluding hydrogens is 162 g/mol. The Morgan fingerprint density at radius 3 is 2.50 bits per heavy atom. The van der Waals surface area contributed by atoms with Crippen LogP contribution in [0, 0.1) is 18.6 Å². The number of hydrogen-bond donors (Lipinski definition) is 0. The fourth-order valence-corrected chi connectivity index (χ4v) is 0.897. The van der Waals surface area contributed by atoms with Gasteiger partial charge >= 0.3 is 0 Å². The van der Waals surface area contributed by atoms with Crippen LogP contribution in [0.25, 0.3) is 0 Å². The van der Waals surface area contributed by atoms with Crippen LogP contribution in [0.5, 0.6) is 5.75 Å². The lowest BCUT2D eigenvalue weighted by Crippen LogP contribution is -1.96. The van der Waals surface area contributed by atoms with Crippen molar-refractivity contribution < 1.29 is 13.5 Å². The Morgan fingerprint density at radius 2 is 1.92 bits per heavy atom. The predicted octanol–water partition coefficient (Wildman–Crippen LogP) is 2.67. The van der Waals surface area contributed by atoms with Crippen molar-refractivity contribution >= 4 is 0 Å². The molecule has 1 aromatic carbocycles. The molecule has 0 aliphatic heterocycles. The molecule has 0 aliphatic carbocycles. The van der Waals surface area contributed by atoms with E-state index in [-0.39, 0.29) is 5.75 Å². The molecule has 1 nitrogen and oxygen atoms in total. The summed E-state index contributed by atoms with van der Waals surface area (Å²) in [6.45, 7) is 3.69. The molecule has 0 atom stereocenters. The Balaban J connectivity index is 3.05. The molecule has 0 bridgehead atoms. The quantitative estimate of drug-likeness (QED) is 0.666. The van der Waals surface area contributed by atoms with E-state index in [1.807, 2.05) is 0 Å². The zero-order valence-electron chi connectivity index (χ0n) is 7.03. The molecule has 1 rings (SSSR count). The van der Waals surface area contributed by atoms with Crippen molar-refractivity contribution in [1.82, 2.24) is 0 Å². The highest BCUT2D eigenvalue weighted by molar-refractivity contribution is 5.30. The molecule has 0 N–H and O–H groups in total. The highest BCUT2D eigenvalue weighted by Gasteiger charge is 2.06. The van der Waals surface area contributed by atoms with Gasteiger partial charge in [-0.15, -0.1) is 0 Å². The summed E-state index contributed by atoms with van der Waals surface area (Å²) in [5, 5.41) is 0. The van der Waals surface area contributed by atoms with Crippen LogP contribution < -0.4 is 4.74 Å². The fourth-order valence-electron chi connectivity index (χ4n) is 0.897. The summed E-state index contributed by atoms with van der Waals surface area (Å²) in [7, 11) is 0. The van der Waals surface area contributed by atoms with Gasteiger partial charge in [0.25, 0.3) is 0 Å². The minimum Gasteiger partial charge on any atom is -0.491 e. The maximum atomic E-state index is 12.9. The van der Waals surface area contributed by atoms with Crippen molar-refractivity contribution in [2.24, 2.45) is 0 Å². The van der Waals surface area contributed by atoms with Crippen LogP contribution in [-0.2, 0) is 0 Å². The maximum absolute atomic E-state index is 12.9. The third-order valence-electron chi connectivity index (χ3n) is 1.51. The molecule has 12 heavy (non-hydrogen) atoms.